The van der Waals surface area contributed by atoms with Gasteiger partial charge in [-0.1, -0.05) is 6.92 Å². The van der Waals surface area contributed by atoms with Crippen LogP contribution in [0.5, 0.6) is 0 Å². The molecular weight excluding hydrogens is 180 g/mol. The lowest BCUT2D eigenvalue weighted by Gasteiger charge is -2.13. The van der Waals surface area contributed by atoms with Gasteiger partial charge in [0, 0.05) is 12.6 Å². The highest BCUT2D eigenvalue weighted by Gasteiger charge is 1.98. The highest BCUT2D eigenvalue weighted by Crippen LogP contribution is 1.93. The quantitative estimate of drug-likeness (QED) is 0.559. The van der Waals surface area contributed by atoms with Crippen molar-refractivity contribution in [1.29, 1.82) is 0 Å². The van der Waals surface area contributed by atoms with Gasteiger partial charge in [-0.15, -0.1) is 0 Å². The normalized spacial score (nSPS) is 13.2. The van der Waals surface area contributed by atoms with Crippen molar-refractivity contribution >= 4 is 11.8 Å². The van der Waals surface area contributed by atoms with Crippen molar-refractivity contribution in [2.75, 3.05) is 31.6 Å². The van der Waals surface area contributed by atoms with Gasteiger partial charge in [0.1, 0.15) is 0 Å². The smallest absolute Gasteiger partial charge is 0.0164 e. The molecule has 0 fully saturated rings. The van der Waals surface area contributed by atoms with E-state index >= 15 is 0 Å². The Balaban J connectivity index is 3.05. The van der Waals surface area contributed by atoms with Gasteiger partial charge in [-0.3, -0.25) is 0 Å². The third kappa shape index (κ3) is 10.2. The fraction of sp³-hybridized carbons (Fsp3) is 1.00. The maximum Gasteiger partial charge on any atom is 0.0164 e. The Morgan fingerprint density at radius 2 is 2.08 bits per heavy atom. The standard InChI is InChI=1S/C10H24N2S/c1-4-6-11-9-10(2)12-7-5-8-13-3/h10-12H,4-9H2,1-3H3. The average molecular weight is 204 g/mol. The number of hydrogen-bond acceptors (Lipinski definition) is 3. The Morgan fingerprint density at radius 1 is 1.31 bits per heavy atom. The minimum Gasteiger partial charge on any atom is -0.315 e. The first kappa shape index (κ1) is 13.3. The van der Waals surface area contributed by atoms with E-state index in [-0.39, 0.29) is 0 Å². The van der Waals surface area contributed by atoms with Crippen LogP contribution in [0.2, 0.25) is 0 Å². The van der Waals surface area contributed by atoms with Crippen LogP contribution in [0.15, 0.2) is 0 Å². The summed E-state index contributed by atoms with van der Waals surface area (Å²) in [4.78, 5) is 0. The largest absolute Gasteiger partial charge is 0.315 e. The van der Waals surface area contributed by atoms with E-state index in [9.17, 15) is 0 Å². The van der Waals surface area contributed by atoms with Crippen molar-refractivity contribution in [2.24, 2.45) is 0 Å². The molecule has 0 amide bonds. The van der Waals surface area contributed by atoms with Crippen LogP contribution >= 0.6 is 11.8 Å². The van der Waals surface area contributed by atoms with E-state index in [4.69, 9.17) is 0 Å². The minimum atomic E-state index is 0.605. The molecule has 0 saturated carbocycles. The van der Waals surface area contributed by atoms with Gasteiger partial charge in [-0.05, 0) is 44.9 Å². The fourth-order valence-corrected chi connectivity index (χ4v) is 1.57. The molecule has 0 spiro atoms. The van der Waals surface area contributed by atoms with Crippen LogP contribution in [-0.2, 0) is 0 Å². The van der Waals surface area contributed by atoms with Crippen molar-refractivity contribution in [3.05, 3.63) is 0 Å². The molecule has 1 atom stereocenters. The highest BCUT2D eigenvalue weighted by molar-refractivity contribution is 7.98. The summed E-state index contributed by atoms with van der Waals surface area (Å²) in [5, 5.41) is 6.91. The lowest BCUT2D eigenvalue weighted by atomic mass is 10.3. The molecule has 0 aromatic carbocycles. The van der Waals surface area contributed by atoms with Crippen molar-refractivity contribution in [3.63, 3.8) is 0 Å². The van der Waals surface area contributed by atoms with Crippen LogP contribution in [0.4, 0.5) is 0 Å². The molecule has 0 bridgehead atoms. The second kappa shape index (κ2) is 10.4. The van der Waals surface area contributed by atoms with E-state index in [2.05, 4.69) is 30.7 Å². The van der Waals surface area contributed by atoms with E-state index < -0.39 is 0 Å². The molecule has 0 aromatic heterocycles. The number of hydrogen-bond donors (Lipinski definition) is 2. The average Bonchev–Trinajstić information content (AvgIpc) is 2.13. The van der Waals surface area contributed by atoms with E-state index in [1.54, 1.807) is 0 Å². The molecule has 2 nitrogen and oxygen atoms in total. The summed E-state index contributed by atoms with van der Waals surface area (Å²) in [5.41, 5.74) is 0. The summed E-state index contributed by atoms with van der Waals surface area (Å²) in [5.74, 6) is 1.27. The molecule has 3 heteroatoms. The monoisotopic (exact) mass is 204 g/mol. The van der Waals surface area contributed by atoms with E-state index in [0.29, 0.717) is 6.04 Å². The Kier molecular flexibility index (Phi) is 10.6. The molecule has 0 saturated heterocycles. The lowest BCUT2D eigenvalue weighted by molar-refractivity contribution is 0.502. The summed E-state index contributed by atoms with van der Waals surface area (Å²) < 4.78 is 0. The number of rotatable bonds is 9. The lowest BCUT2D eigenvalue weighted by Crippen LogP contribution is -2.37. The van der Waals surface area contributed by atoms with Crippen molar-refractivity contribution in [1.82, 2.24) is 10.6 Å². The van der Waals surface area contributed by atoms with Gasteiger partial charge in [0.05, 0.1) is 0 Å². The molecule has 13 heavy (non-hydrogen) atoms. The molecule has 0 rings (SSSR count). The van der Waals surface area contributed by atoms with Crippen molar-refractivity contribution in [3.8, 4) is 0 Å². The Labute approximate surface area is 87.2 Å². The predicted octanol–water partition coefficient (Wildman–Crippen LogP) is 1.72. The third-order valence-corrected chi connectivity index (χ3v) is 2.59. The van der Waals surface area contributed by atoms with E-state index in [0.717, 1.165) is 19.6 Å². The van der Waals surface area contributed by atoms with E-state index in [1.807, 2.05) is 11.8 Å². The zero-order valence-electron chi connectivity index (χ0n) is 9.23. The number of nitrogens with one attached hydrogen (secondary N) is 2. The Bertz CT molecular complexity index is 98.9. The molecule has 80 valence electrons. The first-order chi connectivity index (χ1) is 6.31. The second-order valence-corrected chi connectivity index (χ2v) is 4.39. The van der Waals surface area contributed by atoms with Crippen LogP contribution in [0, 0.1) is 0 Å². The zero-order valence-corrected chi connectivity index (χ0v) is 10.0. The Morgan fingerprint density at radius 3 is 2.69 bits per heavy atom. The first-order valence-corrected chi connectivity index (χ1v) is 6.63. The molecular formula is C10H24N2S. The van der Waals surface area contributed by atoms with Gasteiger partial charge in [0.2, 0.25) is 0 Å². The van der Waals surface area contributed by atoms with Crippen LogP contribution in [-0.4, -0.2) is 37.7 Å². The third-order valence-electron chi connectivity index (χ3n) is 1.90. The highest BCUT2D eigenvalue weighted by atomic mass is 32.2. The second-order valence-electron chi connectivity index (χ2n) is 3.41. The van der Waals surface area contributed by atoms with E-state index in [1.165, 1.54) is 18.6 Å². The molecule has 0 radical (unpaired) electrons. The topological polar surface area (TPSA) is 24.1 Å². The van der Waals surface area contributed by atoms with Gasteiger partial charge >= 0.3 is 0 Å². The molecule has 0 aliphatic rings. The van der Waals surface area contributed by atoms with Gasteiger partial charge in [-0.25, -0.2) is 0 Å². The summed E-state index contributed by atoms with van der Waals surface area (Å²) in [6, 6.07) is 0.605. The van der Waals surface area contributed by atoms with Crippen molar-refractivity contribution in [2.45, 2.75) is 32.7 Å². The summed E-state index contributed by atoms with van der Waals surface area (Å²) in [6.45, 7) is 7.81. The Hall–Kier alpha value is 0.270. The van der Waals surface area contributed by atoms with Crippen LogP contribution in [0.25, 0.3) is 0 Å². The molecule has 0 heterocycles. The van der Waals surface area contributed by atoms with Gasteiger partial charge in [0.25, 0.3) is 0 Å². The predicted molar refractivity (Wildman–Crippen MR) is 63.6 cm³/mol. The zero-order chi connectivity index (χ0) is 9.94. The molecule has 1 unspecified atom stereocenters. The summed E-state index contributed by atoms with van der Waals surface area (Å²) in [7, 11) is 0. The maximum atomic E-state index is 3.50. The molecule has 0 aliphatic heterocycles. The SMILES string of the molecule is CCCNCC(C)NCCCSC. The summed E-state index contributed by atoms with van der Waals surface area (Å²) >= 11 is 1.92. The van der Waals surface area contributed by atoms with Gasteiger partial charge in [-0.2, -0.15) is 11.8 Å². The minimum absolute atomic E-state index is 0.605. The maximum absolute atomic E-state index is 3.50. The van der Waals surface area contributed by atoms with Crippen LogP contribution in [0.1, 0.15) is 26.7 Å². The molecule has 2 N–H and O–H groups in total. The fourth-order valence-electron chi connectivity index (χ4n) is 1.13. The van der Waals surface area contributed by atoms with Crippen LogP contribution < -0.4 is 10.6 Å². The van der Waals surface area contributed by atoms with Gasteiger partial charge < -0.3 is 10.6 Å². The summed E-state index contributed by atoms with van der Waals surface area (Å²) in [6.07, 6.45) is 4.66. The van der Waals surface area contributed by atoms with Crippen molar-refractivity contribution < 1.29 is 0 Å². The molecule has 0 aliphatic carbocycles. The molecule has 0 aromatic rings. The number of thioether (sulfide) groups is 1. The van der Waals surface area contributed by atoms with Crippen LogP contribution in [0.3, 0.4) is 0 Å². The first-order valence-electron chi connectivity index (χ1n) is 5.24. The van der Waals surface area contributed by atoms with Gasteiger partial charge in [0.15, 0.2) is 0 Å².